The van der Waals surface area contributed by atoms with Crippen LogP contribution in [0.2, 0.25) is 0 Å². The van der Waals surface area contributed by atoms with E-state index in [0.29, 0.717) is 17.6 Å². The molecule has 0 aliphatic rings. The van der Waals surface area contributed by atoms with Gasteiger partial charge in [-0.3, -0.25) is 4.57 Å². The van der Waals surface area contributed by atoms with Crippen molar-refractivity contribution in [2.24, 2.45) is 0 Å². The van der Waals surface area contributed by atoms with Crippen molar-refractivity contribution in [3.63, 3.8) is 0 Å². The van der Waals surface area contributed by atoms with E-state index in [0.717, 1.165) is 99.4 Å². The first kappa shape index (κ1) is 35.5. The van der Waals surface area contributed by atoms with E-state index in [9.17, 15) is 0 Å². The second-order valence-electron chi connectivity index (χ2n) is 15.6. The highest BCUT2D eigenvalue weighted by Gasteiger charge is 2.25. The molecular formula is C57H36N4O. The van der Waals surface area contributed by atoms with E-state index in [1.165, 1.54) is 0 Å². The Kier molecular flexibility index (Phi) is 8.42. The predicted octanol–water partition coefficient (Wildman–Crippen LogP) is 14.9. The van der Waals surface area contributed by atoms with Crippen LogP contribution in [-0.2, 0) is 0 Å². The van der Waals surface area contributed by atoms with Crippen LogP contribution in [0.4, 0.5) is 0 Å². The summed E-state index contributed by atoms with van der Waals surface area (Å²) in [5.41, 5.74) is 14.1. The van der Waals surface area contributed by atoms with Gasteiger partial charge in [-0.05, 0) is 69.3 Å². The lowest BCUT2D eigenvalue weighted by atomic mass is 9.95. The monoisotopic (exact) mass is 792 g/mol. The van der Waals surface area contributed by atoms with Gasteiger partial charge in [-0.2, -0.15) is 9.97 Å². The zero-order valence-corrected chi connectivity index (χ0v) is 33.5. The molecule has 0 bridgehead atoms. The summed E-state index contributed by atoms with van der Waals surface area (Å²) in [6.45, 7) is 0. The van der Waals surface area contributed by atoms with Crippen molar-refractivity contribution in [1.82, 2.24) is 19.5 Å². The maximum atomic E-state index is 6.88. The van der Waals surface area contributed by atoms with Gasteiger partial charge in [-0.25, -0.2) is 4.98 Å². The van der Waals surface area contributed by atoms with Crippen LogP contribution in [0.25, 0.3) is 117 Å². The van der Waals surface area contributed by atoms with Crippen molar-refractivity contribution in [2.75, 3.05) is 0 Å². The number of hydrogen-bond acceptors (Lipinski definition) is 4. The average molecular weight is 793 g/mol. The zero-order valence-electron chi connectivity index (χ0n) is 33.5. The molecule has 12 rings (SSSR count). The minimum atomic E-state index is 0.500. The third kappa shape index (κ3) is 6.06. The number of furan rings is 1. The van der Waals surface area contributed by atoms with Crippen molar-refractivity contribution in [3.05, 3.63) is 218 Å². The normalized spacial score (nSPS) is 11.5. The van der Waals surface area contributed by atoms with Crippen LogP contribution >= 0.6 is 0 Å². The summed E-state index contributed by atoms with van der Waals surface area (Å²) in [5.74, 6) is 1.65. The van der Waals surface area contributed by atoms with Gasteiger partial charge >= 0.3 is 0 Å². The summed E-state index contributed by atoms with van der Waals surface area (Å²) >= 11 is 0. The topological polar surface area (TPSA) is 56.7 Å². The molecule has 0 radical (unpaired) electrons. The second-order valence-corrected chi connectivity index (χ2v) is 15.6. The van der Waals surface area contributed by atoms with Crippen LogP contribution in [0.3, 0.4) is 0 Å². The van der Waals surface area contributed by atoms with Crippen LogP contribution in [-0.4, -0.2) is 19.5 Å². The van der Waals surface area contributed by atoms with E-state index in [1.54, 1.807) is 0 Å². The fourth-order valence-corrected chi connectivity index (χ4v) is 8.88. The predicted molar refractivity (Wildman–Crippen MR) is 254 cm³/mol. The molecule has 3 aromatic heterocycles. The molecule has 5 nitrogen and oxygen atoms in total. The van der Waals surface area contributed by atoms with Crippen molar-refractivity contribution < 1.29 is 4.42 Å². The van der Waals surface area contributed by atoms with Gasteiger partial charge in [0.15, 0.2) is 17.2 Å². The molecule has 5 heteroatoms. The lowest BCUT2D eigenvalue weighted by Gasteiger charge is -2.15. The van der Waals surface area contributed by atoms with Gasteiger partial charge in [0.25, 0.3) is 0 Å². The third-order valence-electron chi connectivity index (χ3n) is 11.9. The molecule has 290 valence electrons. The number of hydrogen-bond donors (Lipinski definition) is 0. The van der Waals surface area contributed by atoms with Gasteiger partial charge < -0.3 is 4.42 Å². The molecule has 3 heterocycles. The molecule has 12 aromatic rings. The van der Waals surface area contributed by atoms with Crippen LogP contribution in [0.1, 0.15) is 0 Å². The highest BCUT2D eigenvalue weighted by atomic mass is 16.3. The summed E-state index contributed by atoms with van der Waals surface area (Å²) in [4.78, 5) is 16.1. The SMILES string of the molecule is c1ccc(-c2ccc(-c3nc(-c4cccc(-c5ccccc5)c4)nc(-n4c5c(-c6ccccc6)cc(-c6ccccc6)cc5c5ccc6c7ccccc7oc6c54)n3)cc2)cc1. The maximum Gasteiger partial charge on any atom is 0.238 e. The molecule has 0 atom stereocenters. The quantitative estimate of drug-likeness (QED) is 0.161. The van der Waals surface area contributed by atoms with Gasteiger partial charge in [0.1, 0.15) is 11.1 Å². The lowest BCUT2D eigenvalue weighted by molar-refractivity contribution is 0.670. The van der Waals surface area contributed by atoms with Crippen LogP contribution in [0.15, 0.2) is 223 Å². The first-order chi connectivity index (χ1) is 30.7. The second kappa shape index (κ2) is 14.7. The molecular weight excluding hydrogens is 757 g/mol. The van der Waals surface area contributed by atoms with Crippen molar-refractivity contribution in [3.8, 4) is 73.2 Å². The number of aromatic nitrogens is 4. The minimum Gasteiger partial charge on any atom is -0.454 e. The molecule has 0 amide bonds. The Balaban J connectivity index is 1.19. The number of para-hydroxylation sites is 1. The van der Waals surface area contributed by atoms with Gasteiger partial charge in [-0.1, -0.05) is 188 Å². The maximum absolute atomic E-state index is 6.88. The van der Waals surface area contributed by atoms with Gasteiger partial charge in [0, 0.05) is 38.2 Å². The molecule has 0 N–H and O–H groups in total. The zero-order chi connectivity index (χ0) is 41.0. The molecule has 9 aromatic carbocycles. The third-order valence-corrected chi connectivity index (χ3v) is 11.9. The summed E-state index contributed by atoms with van der Waals surface area (Å²) < 4.78 is 9.10. The largest absolute Gasteiger partial charge is 0.454 e. The summed E-state index contributed by atoms with van der Waals surface area (Å²) in [5, 5.41) is 4.21. The van der Waals surface area contributed by atoms with Crippen molar-refractivity contribution >= 4 is 43.7 Å². The van der Waals surface area contributed by atoms with Crippen LogP contribution in [0.5, 0.6) is 0 Å². The number of rotatable bonds is 7. The molecule has 0 aliphatic carbocycles. The number of nitrogens with zero attached hydrogens (tertiary/aromatic N) is 4. The highest BCUT2D eigenvalue weighted by Crippen LogP contribution is 2.45. The first-order valence-electron chi connectivity index (χ1n) is 20.8. The Morgan fingerprint density at radius 2 is 0.823 bits per heavy atom. The Hall–Kier alpha value is -8.41. The molecule has 0 fully saturated rings. The highest BCUT2D eigenvalue weighted by molar-refractivity contribution is 6.23. The molecule has 0 unspecified atom stereocenters. The molecule has 0 saturated carbocycles. The van der Waals surface area contributed by atoms with Gasteiger partial charge in [0.05, 0.1) is 5.52 Å². The van der Waals surface area contributed by atoms with Gasteiger partial charge in [-0.15, -0.1) is 0 Å². The smallest absolute Gasteiger partial charge is 0.238 e. The minimum absolute atomic E-state index is 0.500. The Bertz CT molecular complexity index is 3600. The standard InChI is InChI=1S/C57H36N4O/c1-5-16-37(17-6-1)40-28-30-42(31-29-40)55-58-56(44-25-15-24-43(34-44)38-18-7-2-8-19-38)60-57(59-55)61-52-49(41-22-11-4-12-23-41)35-45(39-20-9-3-10-21-39)36-50(52)47-32-33-48-46-26-13-14-27-51(46)62-54(48)53(47)61/h1-36H. The van der Waals surface area contributed by atoms with E-state index in [2.05, 4.69) is 199 Å². The van der Waals surface area contributed by atoms with E-state index >= 15 is 0 Å². The fourth-order valence-electron chi connectivity index (χ4n) is 8.88. The summed E-state index contributed by atoms with van der Waals surface area (Å²) in [6, 6.07) is 76.3. The van der Waals surface area contributed by atoms with Crippen LogP contribution < -0.4 is 0 Å². The van der Waals surface area contributed by atoms with E-state index in [4.69, 9.17) is 19.4 Å². The Morgan fingerprint density at radius 1 is 0.306 bits per heavy atom. The molecule has 0 spiro atoms. The van der Waals surface area contributed by atoms with Crippen LogP contribution in [0, 0.1) is 0 Å². The first-order valence-corrected chi connectivity index (χ1v) is 20.8. The van der Waals surface area contributed by atoms with Crippen molar-refractivity contribution in [1.29, 1.82) is 0 Å². The number of benzene rings is 9. The molecule has 0 aliphatic heterocycles. The van der Waals surface area contributed by atoms with E-state index in [-0.39, 0.29) is 0 Å². The molecule has 62 heavy (non-hydrogen) atoms. The lowest BCUT2D eigenvalue weighted by Crippen LogP contribution is -2.07. The average Bonchev–Trinajstić information content (AvgIpc) is 3.91. The summed E-state index contributed by atoms with van der Waals surface area (Å²) in [6.07, 6.45) is 0. The van der Waals surface area contributed by atoms with Crippen molar-refractivity contribution in [2.45, 2.75) is 0 Å². The number of fused-ring (bicyclic) bond motifs is 7. The summed E-state index contributed by atoms with van der Waals surface area (Å²) in [7, 11) is 0. The van der Waals surface area contributed by atoms with E-state index < -0.39 is 0 Å². The fraction of sp³-hybridized carbons (Fsp3) is 0. The molecule has 0 saturated heterocycles. The Labute approximate surface area is 357 Å². The Morgan fingerprint density at radius 3 is 1.52 bits per heavy atom. The van der Waals surface area contributed by atoms with Gasteiger partial charge in [0.2, 0.25) is 5.95 Å². The van der Waals surface area contributed by atoms with E-state index in [1.807, 2.05) is 24.3 Å².